The average Bonchev–Trinajstić information content (AvgIpc) is 2.74. The second-order valence-electron chi connectivity index (χ2n) is 10.3. The zero-order valence-corrected chi connectivity index (χ0v) is 19.1. The maximum absolute atomic E-state index is 11.2. The second kappa shape index (κ2) is 15.5. The van der Waals surface area contributed by atoms with Gasteiger partial charge in [0.1, 0.15) is 6.29 Å². The van der Waals surface area contributed by atoms with Gasteiger partial charge in [0.2, 0.25) is 0 Å². The van der Waals surface area contributed by atoms with Crippen molar-refractivity contribution in [2.45, 2.75) is 142 Å². The van der Waals surface area contributed by atoms with E-state index in [1.54, 1.807) is 6.42 Å². The van der Waals surface area contributed by atoms with E-state index in [1.165, 1.54) is 128 Å². The van der Waals surface area contributed by atoms with E-state index in [0.29, 0.717) is 11.8 Å². The molecule has 4 atom stereocenters. The van der Waals surface area contributed by atoms with Gasteiger partial charge in [-0.2, -0.15) is 0 Å². The highest BCUT2D eigenvalue weighted by Crippen LogP contribution is 2.35. The number of rotatable bonds is 15. The fourth-order valence-corrected chi connectivity index (χ4v) is 6.09. The van der Waals surface area contributed by atoms with Gasteiger partial charge >= 0.3 is 0 Å². The topological polar surface area (TPSA) is 17.1 Å². The molecular weight excluding hydrogens is 340 g/mol. The van der Waals surface area contributed by atoms with Crippen molar-refractivity contribution in [2.75, 3.05) is 0 Å². The standard InChI is InChI=1S/C27H50O/c1-2-3-15-24-17-14-18-25(22-24)16-10-8-6-4-5-7-9-11-19-26-20-12-13-21-27(26)23-28/h23-27H,2-22H2,1H3. The third-order valence-electron chi connectivity index (χ3n) is 7.94. The highest BCUT2D eigenvalue weighted by molar-refractivity contribution is 5.54. The van der Waals surface area contributed by atoms with E-state index in [4.69, 9.17) is 0 Å². The second-order valence-corrected chi connectivity index (χ2v) is 10.3. The maximum Gasteiger partial charge on any atom is 0.123 e. The van der Waals surface area contributed by atoms with Crippen molar-refractivity contribution in [3.63, 3.8) is 0 Å². The van der Waals surface area contributed by atoms with Crippen LogP contribution in [0.5, 0.6) is 0 Å². The van der Waals surface area contributed by atoms with Gasteiger partial charge < -0.3 is 4.79 Å². The predicted molar refractivity (Wildman–Crippen MR) is 123 cm³/mol. The van der Waals surface area contributed by atoms with Crippen molar-refractivity contribution < 1.29 is 4.79 Å². The van der Waals surface area contributed by atoms with Crippen LogP contribution in [0.15, 0.2) is 0 Å². The minimum atomic E-state index is 0.389. The summed E-state index contributed by atoms with van der Waals surface area (Å²) in [5.74, 6) is 3.23. The molecule has 2 saturated carbocycles. The molecular formula is C27H50O. The number of aldehydes is 1. The molecule has 1 heteroatoms. The molecule has 2 aliphatic carbocycles. The maximum atomic E-state index is 11.2. The fourth-order valence-electron chi connectivity index (χ4n) is 6.09. The van der Waals surface area contributed by atoms with Gasteiger partial charge in [0.15, 0.2) is 0 Å². The van der Waals surface area contributed by atoms with Gasteiger partial charge in [-0.15, -0.1) is 0 Å². The van der Waals surface area contributed by atoms with Crippen LogP contribution in [0.25, 0.3) is 0 Å². The molecule has 0 amide bonds. The van der Waals surface area contributed by atoms with E-state index in [9.17, 15) is 4.79 Å². The van der Waals surface area contributed by atoms with Crippen molar-refractivity contribution in [1.29, 1.82) is 0 Å². The lowest BCUT2D eigenvalue weighted by atomic mass is 9.77. The van der Waals surface area contributed by atoms with E-state index < -0.39 is 0 Å². The van der Waals surface area contributed by atoms with Crippen LogP contribution in [-0.4, -0.2) is 6.29 Å². The Morgan fingerprint density at radius 3 is 1.86 bits per heavy atom. The Balaban J connectivity index is 1.37. The number of unbranched alkanes of at least 4 members (excludes halogenated alkanes) is 8. The summed E-state index contributed by atoms with van der Waals surface area (Å²) in [5.41, 5.74) is 0. The van der Waals surface area contributed by atoms with Crippen LogP contribution >= 0.6 is 0 Å². The van der Waals surface area contributed by atoms with Crippen molar-refractivity contribution in [2.24, 2.45) is 23.7 Å². The molecule has 0 aromatic rings. The molecule has 2 rings (SSSR count). The predicted octanol–water partition coefficient (Wildman–Crippen LogP) is 8.89. The van der Waals surface area contributed by atoms with Crippen LogP contribution in [0.2, 0.25) is 0 Å². The number of carbonyl (C=O) groups excluding carboxylic acids is 1. The van der Waals surface area contributed by atoms with Crippen molar-refractivity contribution >= 4 is 6.29 Å². The van der Waals surface area contributed by atoms with E-state index in [2.05, 4.69) is 6.92 Å². The van der Waals surface area contributed by atoms with Crippen LogP contribution in [-0.2, 0) is 4.79 Å². The lowest BCUT2D eigenvalue weighted by Gasteiger charge is -2.29. The van der Waals surface area contributed by atoms with Gasteiger partial charge in [0, 0.05) is 5.92 Å². The molecule has 0 radical (unpaired) electrons. The Hall–Kier alpha value is -0.330. The van der Waals surface area contributed by atoms with Gasteiger partial charge in [0.05, 0.1) is 0 Å². The summed E-state index contributed by atoms with van der Waals surface area (Å²) in [6.07, 6.45) is 31.1. The van der Waals surface area contributed by atoms with Crippen LogP contribution < -0.4 is 0 Å². The minimum Gasteiger partial charge on any atom is -0.303 e. The molecule has 0 heterocycles. The van der Waals surface area contributed by atoms with Crippen molar-refractivity contribution in [1.82, 2.24) is 0 Å². The van der Waals surface area contributed by atoms with Gasteiger partial charge in [-0.05, 0) is 43.4 Å². The zero-order valence-electron chi connectivity index (χ0n) is 19.1. The Labute approximate surface area is 176 Å². The summed E-state index contributed by atoms with van der Waals surface area (Å²) in [6.45, 7) is 2.33. The normalized spacial score (nSPS) is 28.3. The third kappa shape index (κ3) is 9.93. The summed E-state index contributed by atoms with van der Waals surface area (Å²) >= 11 is 0. The van der Waals surface area contributed by atoms with Gasteiger partial charge in [-0.25, -0.2) is 0 Å². The molecule has 0 N–H and O–H groups in total. The molecule has 1 nitrogen and oxygen atoms in total. The Morgan fingerprint density at radius 1 is 0.643 bits per heavy atom. The average molecular weight is 391 g/mol. The van der Waals surface area contributed by atoms with Gasteiger partial charge in [0.25, 0.3) is 0 Å². The molecule has 0 bridgehead atoms. The molecule has 0 aromatic carbocycles. The molecule has 28 heavy (non-hydrogen) atoms. The monoisotopic (exact) mass is 390 g/mol. The van der Waals surface area contributed by atoms with E-state index in [-0.39, 0.29) is 0 Å². The van der Waals surface area contributed by atoms with Crippen molar-refractivity contribution in [3.8, 4) is 0 Å². The van der Waals surface area contributed by atoms with E-state index >= 15 is 0 Å². The molecule has 4 unspecified atom stereocenters. The largest absolute Gasteiger partial charge is 0.303 e. The molecule has 164 valence electrons. The van der Waals surface area contributed by atoms with Crippen LogP contribution in [0.4, 0.5) is 0 Å². The summed E-state index contributed by atoms with van der Waals surface area (Å²) in [5, 5.41) is 0. The molecule has 0 aromatic heterocycles. The highest BCUT2D eigenvalue weighted by Gasteiger charge is 2.24. The number of hydrogen-bond donors (Lipinski definition) is 0. The zero-order chi connectivity index (χ0) is 19.9. The van der Waals surface area contributed by atoms with Crippen molar-refractivity contribution in [3.05, 3.63) is 0 Å². The molecule has 2 aliphatic rings. The van der Waals surface area contributed by atoms with Gasteiger partial charge in [-0.1, -0.05) is 116 Å². The Bertz CT molecular complexity index is 376. The minimum absolute atomic E-state index is 0.389. The number of hydrogen-bond acceptors (Lipinski definition) is 1. The Kier molecular flexibility index (Phi) is 13.3. The summed E-state index contributed by atoms with van der Waals surface area (Å²) in [4.78, 5) is 11.2. The lowest BCUT2D eigenvalue weighted by Crippen LogP contribution is -2.20. The third-order valence-corrected chi connectivity index (χ3v) is 7.94. The first-order chi connectivity index (χ1) is 13.8. The first-order valence-corrected chi connectivity index (χ1v) is 13.3. The number of carbonyl (C=O) groups is 1. The lowest BCUT2D eigenvalue weighted by molar-refractivity contribution is -0.113. The molecule has 2 fully saturated rings. The Morgan fingerprint density at radius 2 is 1.21 bits per heavy atom. The molecule has 0 aliphatic heterocycles. The quantitative estimate of drug-likeness (QED) is 0.201. The highest BCUT2D eigenvalue weighted by atomic mass is 16.1. The van der Waals surface area contributed by atoms with Crippen LogP contribution in [0.3, 0.4) is 0 Å². The SMILES string of the molecule is CCCCC1CCCC(CCCCCCCCCCC2CCCCC2C=O)C1. The van der Waals surface area contributed by atoms with Gasteiger partial charge in [-0.3, -0.25) is 0 Å². The first kappa shape index (κ1) is 23.9. The summed E-state index contributed by atoms with van der Waals surface area (Å²) in [7, 11) is 0. The smallest absolute Gasteiger partial charge is 0.123 e. The van der Waals surface area contributed by atoms with Crippen LogP contribution in [0.1, 0.15) is 142 Å². The summed E-state index contributed by atoms with van der Waals surface area (Å²) < 4.78 is 0. The van der Waals surface area contributed by atoms with E-state index in [1.807, 2.05) is 0 Å². The fraction of sp³-hybridized carbons (Fsp3) is 0.963. The first-order valence-electron chi connectivity index (χ1n) is 13.3. The summed E-state index contributed by atoms with van der Waals surface area (Å²) in [6, 6.07) is 0. The van der Waals surface area contributed by atoms with Crippen LogP contribution in [0, 0.1) is 23.7 Å². The molecule has 0 spiro atoms. The van der Waals surface area contributed by atoms with E-state index in [0.717, 1.165) is 18.3 Å². The molecule has 0 saturated heterocycles.